The van der Waals surface area contributed by atoms with Crippen LogP contribution in [0.15, 0.2) is 66.7 Å². The van der Waals surface area contributed by atoms with E-state index in [-0.39, 0.29) is 24.4 Å². The average Bonchev–Trinajstić information content (AvgIpc) is 2.87. The molecule has 0 fully saturated rings. The van der Waals surface area contributed by atoms with Gasteiger partial charge in [-0.3, -0.25) is 9.59 Å². The number of amides is 2. The van der Waals surface area contributed by atoms with Crippen LogP contribution in [0.4, 0.5) is 8.78 Å². The molecule has 4 N–H and O–H groups in total. The monoisotopic (exact) mass is 537 g/mol. The largest absolute Gasteiger partial charge is 0.390 e. The van der Waals surface area contributed by atoms with Gasteiger partial charge >= 0.3 is 0 Å². The minimum Gasteiger partial charge on any atom is -0.390 e. The van der Waals surface area contributed by atoms with Crippen molar-refractivity contribution < 1.29 is 23.5 Å². The molecule has 0 aliphatic heterocycles. The summed E-state index contributed by atoms with van der Waals surface area (Å²) < 4.78 is 27.7. The van der Waals surface area contributed by atoms with Crippen molar-refractivity contribution in [1.29, 1.82) is 0 Å². The first-order valence-electron chi connectivity index (χ1n) is 13.1. The van der Waals surface area contributed by atoms with Crippen molar-refractivity contribution in [2.45, 2.75) is 64.8 Å². The van der Waals surface area contributed by atoms with Crippen molar-refractivity contribution in [3.63, 3.8) is 0 Å². The van der Waals surface area contributed by atoms with Gasteiger partial charge in [-0.25, -0.2) is 8.78 Å². The third-order valence-electron chi connectivity index (χ3n) is 6.12. The summed E-state index contributed by atoms with van der Waals surface area (Å²) in [5.74, 6) is -2.32. The minimum atomic E-state index is -1.07. The second kappa shape index (κ2) is 13.4. The molecule has 0 unspecified atom stereocenters. The number of aryl methyl sites for hydroxylation is 1. The maximum Gasteiger partial charge on any atom is 0.251 e. The Kier molecular flexibility index (Phi) is 10.3. The number of carbonyl (C=O) groups excluding carboxylic acids is 2. The topological polar surface area (TPSA) is 90.5 Å². The number of carbonyl (C=O) groups is 2. The van der Waals surface area contributed by atoms with Crippen LogP contribution in [0.2, 0.25) is 0 Å². The number of rotatable bonds is 11. The summed E-state index contributed by atoms with van der Waals surface area (Å²) in [6.07, 6.45) is -0.158. The van der Waals surface area contributed by atoms with Crippen molar-refractivity contribution in [3.05, 3.63) is 106 Å². The third kappa shape index (κ3) is 9.57. The van der Waals surface area contributed by atoms with E-state index in [4.69, 9.17) is 0 Å². The van der Waals surface area contributed by atoms with Crippen LogP contribution in [0.3, 0.4) is 0 Å². The first kappa shape index (κ1) is 29.9. The Labute approximate surface area is 228 Å². The Balaban J connectivity index is 1.75. The summed E-state index contributed by atoms with van der Waals surface area (Å²) in [6.45, 7) is 8.29. The molecule has 0 radical (unpaired) electrons. The van der Waals surface area contributed by atoms with Gasteiger partial charge in [-0.2, -0.15) is 0 Å². The first-order valence-corrected chi connectivity index (χ1v) is 13.1. The molecule has 0 saturated heterocycles. The minimum absolute atomic E-state index is 0.00120. The maximum absolute atomic E-state index is 13.9. The number of benzene rings is 3. The molecule has 0 saturated carbocycles. The standard InChI is InChI=1S/C31H37F2N3O3/c1-5-20-8-6-9-21(12-20)18-34-19-28(37)27(15-22-13-25(32)17-26(33)14-22)35-29(38)23-10-7-11-24(16-23)30(39)36-31(2,3)4/h6-14,16-17,27-28,34,37H,5,15,18-19H2,1-4H3,(H,35,38)(H,36,39)/t27-,28+/m0/s1. The summed E-state index contributed by atoms with van der Waals surface area (Å²) in [5.41, 5.74) is 2.65. The molecule has 2 atom stereocenters. The van der Waals surface area contributed by atoms with Crippen molar-refractivity contribution in [2.75, 3.05) is 6.54 Å². The Morgan fingerprint density at radius 2 is 1.46 bits per heavy atom. The van der Waals surface area contributed by atoms with Crippen LogP contribution in [-0.2, 0) is 19.4 Å². The molecule has 0 aromatic heterocycles. The van der Waals surface area contributed by atoms with Crippen LogP contribution < -0.4 is 16.0 Å². The van der Waals surface area contributed by atoms with E-state index in [1.807, 2.05) is 39.0 Å². The third-order valence-corrected chi connectivity index (χ3v) is 6.12. The Morgan fingerprint density at radius 3 is 2.10 bits per heavy atom. The van der Waals surface area contributed by atoms with Crippen molar-refractivity contribution >= 4 is 11.8 Å². The normalized spacial score (nSPS) is 13.0. The van der Waals surface area contributed by atoms with Crippen molar-refractivity contribution in [1.82, 2.24) is 16.0 Å². The lowest BCUT2D eigenvalue weighted by atomic mass is 9.99. The van der Waals surface area contributed by atoms with Gasteiger partial charge in [0.15, 0.2) is 0 Å². The zero-order valence-electron chi connectivity index (χ0n) is 22.9. The van der Waals surface area contributed by atoms with Crippen LogP contribution in [0, 0.1) is 11.6 Å². The average molecular weight is 538 g/mol. The molecule has 0 aliphatic rings. The lowest BCUT2D eigenvalue weighted by Crippen LogP contribution is -2.48. The number of halogens is 2. The van der Waals surface area contributed by atoms with E-state index in [1.165, 1.54) is 23.8 Å². The molecule has 3 rings (SSSR count). The molecule has 8 heteroatoms. The number of hydrogen-bond acceptors (Lipinski definition) is 4. The lowest BCUT2D eigenvalue weighted by molar-refractivity contribution is 0.0830. The zero-order valence-corrected chi connectivity index (χ0v) is 22.9. The highest BCUT2D eigenvalue weighted by atomic mass is 19.1. The predicted octanol–water partition coefficient (Wildman–Crippen LogP) is 4.55. The van der Waals surface area contributed by atoms with Gasteiger partial charge in [0.1, 0.15) is 11.6 Å². The Bertz CT molecular complexity index is 1270. The summed E-state index contributed by atoms with van der Waals surface area (Å²) in [4.78, 5) is 25.8. The van der Waals surface area contributed by atoms with Crippen molar-refractivity contribution in [2.24, 2.45) is 0 Å². The fourth-order valence-electron chi connectivity index (χ4n) is 4.20. The second-order valence-corrected chi connectivity index (χ2v) is 10.7. The molecule has 208 valence electrons. The van der Waals surface area contributed by atoms with E-state index in [2.05, 4.69) is 28.9 Å². The first-order chi connectivity index (χ1) is 18.4. The predicted molar refractivity (Wildman–Crippen MR) is 149 cm³/mol. The summed E-state index contributed by atoms with van der Waals surface area (Å²) >= 11 is 0. The SMILES string of the molecule is CCc1cccc(CNC[C@@H](O)[C@H](Cc2cc(F)cc(F)c2)NC(=O)c2cccc(C(=O)NC(C)(C)C)c2)c1. The highest BCUT2D eigenvalue weighted by Crippen LogP contribution is 2.14. The van der Waals surface area contributed by atoms with E-state index in [0.29, 0.717) is 17.7 Å². The molecular formula is C31H37F2N3O3. The van der Waals surface area contributed by atoms with Crippen LogP contribution in [0.25, 0.3) is 0 Å². The summed E-state index contributed by atoms with van der Waals surface area (Å²) in [7, 11) is 0. The number of aliphatic hydroxyl groups excluding tert-OH is 1. The van der Waals surface area contributed by atoms with Gasteiger partial charge < -0.3 is 21.1 Å². The molecule has 6 nitrogen and oxygen atoms in total. The highest BCUT2D eigenvalue weighted by molar-refractivity contribution is 6.00. The molecule has 3 aromatic carbocycles. The summed E-state index contributed by atoms with van der Waals surface area (Å²) in [5, 5.41) is 19.9. The molecule has 2 amide bonds. The molecule has 0 heterocycles. The number of nitrogens with one attached hydrogen (secondary N) is 3. The molecule has 3 aromatic rings. The van der Waals surface area contributed by atoms with Gasteiger partial charge in [0.25, 0.3) is 11.8 Å². The fraction of sp³-hybridized carbons (Fsp3) is 0.355. The van der Waals surface area contributed by atoms with E-state index >= 15 is 0 Å². The smallest absolute Gasteiger partial charge is 0.251 e. The molecule has 0 bridgehead atoms. The zero-order chi connectivity index (χ0) is 28.6. The van der Waals surface area contributed by atoms with Crippen LogP contribution in [0.5, 0.6) is 0 Å². The van der Waals surface area contributed by atoms with Crippen molar-refractivity contribution in [3.8, 4) is 0 Å². The van der Waals surface area contributed by atoms with Gasteiger partial charge in [0, 0.05) is 35.8 Å². The number of hydrogen-bond donors (Lipinski definition) is 4. The Hall–Kier alpha value is -3.62. The van der Waals surface area contributed by atoms with Crippen LogP contribution in [0.1, 0.15) is 65.1 Å². The lowest BCUT2D eigenvalue weighted by Gasteiger charge is -2.25. The Morgan fingerprint density at radius 1 is 0.846 bits per heavy atom. The van der Waals surface area contributed by atoms with Gasteiger partial charge in [0.2, 0.25) is 0 Å². The highest BCUT2D eigenvalue weighted by Gasteiger charge is 2.24. The fourth-order valence-corrected chi connectivity index (χ4v) is 4.20. The van der Waals surface area contributed by atoms with Crippen LogP contribution >= 0.6 is 0 Å². The van der Waals surface area contributed by atoms with E-state index in [1.54, 1.807) is 18.2 Å². The second-order valence-electron chi connectivity index (χ2n) is 10.7. The molecule has 0 aliphatic carbocycles. The van der Waals surface area contributed by atoms with Gasteiger partial charge in [-0.15, -0.1) is 0 Å². The maximum atomic E-state index is 13.9. The molecular weight excluding hydrogens is 500 g/mol. The molecule has 0 spiro atoms. The van der Waals surface area contributed by atoms with Gasteiger partial charge in [-0.1, -0.05) is 37.3 Å². The van der Waals surface area contributed by atoms with E-state index in [0.717, 1.165) is 18.1 Å². The summed E-state index contributed by atoms with van der Waals surface area (Å²) in [6, 6.07) is 16.6. The molecule has 39 heavy (non-hydrogen) atoms. The van der Waals surface area contributed by atoms with Crippen LogP contribution in [-0.4, -0.2) is 41.2 Å². The van der Waals surface area contributed by atoms with Gasteiger partial charge in [-0.05, 0) is 80.6 Å². The number of aliphatic hydroxyl groups is 1. The van der Waals surface area contributed by atoms with Gasteiger partial charge in [0.05, 0.1) is 12.1 Å². The van der Waals surface area contributed by atoms with E-state index < -0.39 is 35.2 Å². The quantitative estimate of drug-likeness (QED) is 0.289. The van der Waals surface area contributed by atoms with E-state index in [9.17, 15) is 23.5 Å².